The first-order chi connectivity index (χ1) is 5.76. The minimum absolute atomic E-state index is 0.592. The second-order valence-corrected chi connectivity index (χ2v) is 5.12. The summed E-state index contributed by atoms with van der Waals surface area (Å²) in [6.07, 6.45) is 0. The highest BCUT2D eigenvalue weighted by Gasteiger charge is 2.19. The van der Waals surface area contributed by atoms with Crippen molar-refractivity contribution >= 4 is 31.9 Å². The number of hydrogen-bond donors (Lipinski definition) is 0. The molecule has 0 aliphatic carbocycles. The van der Waals surface area contributed by atoms with Crippen LogP contribution in [0.4, 0.5) is 0 Å². The fraction of sp³-hybridized carbons (Fsp3) is 1.00. The molecule has 72 valence electrons. The van der Waals surface area contributed by atoms with Crippen LogP contribution in [0.15, 0.2) is 0 Å². The average molecular weight is 300 g/mol. The van der Waals surface area contributed by atoms with Crippen molar-refractivity contribution in [1.82, 2.24) is 9.80 Å². The van der Waals surface area contributed by atoms with E-state index >= 15 is 0 Å². The van der Waals surface area contributed by atoms with E-state index in [-0.39, 0.29) is 0 Å². The molecule has 0 bridgehead atoms. The Bertz CT molecular complexity index is 132. The summed E-state index contributed by atoms with van der Waals surface area (Å²) in [5, 5.41) is 1.04. The highest BCUT2D eigenvalue weighted by atomic mass is 79.9. The van der Waals surface area contributed by atoms with Gasteiger partial charge in [0.2, 0.25) is 0 Å². The van der Waals surface area contributed by atoms with Crippen LogP contribution in [0.2, 0.25) is 0 Å². The van der Waals surface area contributed by atoms with Gasteiger partial charge in [-0.2, -0.15) is 0 Å². The molecule has 4 heteroatoms. The van der Waals surface area contributed by atoms with Crippen LogP contribution in [-0.4, -0.2) is 52.8 Å². The molecule has 0 aromatic heterocycles. The van der Waals surface area contributed by atoms with Gasteiger partial charge in [0.05, 0.1) is 6.67 Å². The normalized spacial score (nSPS) is 23.2. The van der Waals surface area contributed by atoms with E-state index in [0.29, 0.717) is 4.83 Å². The first-order valence-electron chi connectivity index (χ1n) is 4.41. The Morgan fingerprint density at radius 3 is 2.50 bits per heavy atom. The molecule has 2 nitrogen and oxygen atoms in total. The maximum absolute atomic E-state index is 3.62. The highest BCUT2D eigenvalue weighted by molar-refractivity contribution is 9.12. The number of rotatable bonds is 4. The molecule has 1 atom stereocenters. The SMILES string of the molecule is CCN1CCN(CC(Br)CBr)C1. The quantitative estimate of drug-likeness (QED) is 0.730. The smallest absolute Gasteiger partial charge is 0.0507 e. The topological polar surface area (TPSA) is 6.48 Å². The third-order valence-electron chi connectivity index (χ3n) is 2.20. The van der Waals surface area contributed by atoms with Crippen LogP contribution in [0, 0.1) is 0 Å². The van der Waals surface area contributed by atoms with E-state index in [0.717, 1.165) is 18.5 Å². The van der Waals surface area contributed by atoms with Gasteiger partial charge in [0.25, 0.3) is 0 Å². The van der Waals surface area contributed by atoms with Crippen LogP contribution in [0.5, 0.6) is 0 Å². The zero-order chi connectivity index (χ0) is 8.97. The number of nitrogens with zero attached hydrogens (tertiary/aromatic N) is 2. The molecule has 0 amide bonds. The fourth-order valence-corrected chi connectivity index (χ4v) is 2.06. The molecule has 0 aromatic rings. The van der Waals surface area contributed by atoms with Crippen LogP contribution in [0.25, 0.3) is 0 Å². The molecule has 1 aliphatic rings. The third-order valence-corrected chi connectivity index (χ3v) is 4.47. The van der Waals surface area contributed by atoms with Gasteiger partial charge in [-0.05, 0) is 6.54 Å². The van der Waals surface area contributed by atoms with Crippen molar-refractivity contribution in [1.29, 1.82) is 0 Å². The van der Waals surface area contributed by atoms with E-state index in [1.54, 1.807) is 0 Å². The van der Waals surface area contributed by atoms with E-state index in [4.69, 9.17) is 0 Å². The largest absolute Gasteiger partial charge is 0.289 e. The van der Waals surface area contributed by atoms with E-state index in [1.165, 1.54) is 19.6 Å². The summed E-state index contributed by atoms with van der Waals surface area (Å²) in [5.74, 6) is 0. The number of alkyl halides is 2. The molecule has 1 saturated heterocycles. The Hall–Kier alpha value is 0.880. The zero-order valence-electron chi connectivity index (χ0n) is 7.47. The lowest BCUT2D eigenvalue weighted by Gasteiger charge is -2.18. The summed E-state index contributed by atoms with van der Waals surface area (Å²) in [4.78, 5) is 5.55. The molecule has 1 fully saturated rings. The maximum atomic E-state index is 3.62. The van der Waals surface area contributed by atoms with Crippen LogP contribution < -0.4 is 0 Å². The molecular formula is C8H16Br2N2. The summed E-state index contributed by atoms with van der Waals surface area (Å²) in [6, 6.07) is 0. The second kappa shape index (κ2) is 5.58. The van der Waals surface area contributed by atoms with Crippen molar-refractivity contribution < 1.29 is 0 Å². The Balaban J connectivity index is 2.18. The highest BCUT2D eigenvalue weighted by Crippen LogP contribution is 2.10. The van der Waals surface area contributed by atoms with Gasteiger partial charge in [-0.3, -0.25) is 9.80 Å². The van der Waals surface area contributed by atoms with Crippen molar-refractivity contribution in [3.05, 3.63) is 0 Å². The first kappa shape index (κ1) is 11.0. The van der Waals surface area contributed by atoms with Crippen molar-refractivity contribution in [3.63, 3.8) is 0 Å². The van der Waals surface area contributed by atoms with Gasteiger partial charge >= 0.3 is 0 Å². The van der Waals surface area contributed by atoms with Gasteiger partial charge in [-0.1, -0.05) is 38.8 Å². The van der Waals surface area contributed by atoms with Gasteiger partial charge in [-0.25, -0.2) is 0 Å². The Labute approximate surface area is 91.5 Å². The van der Waals surface area contributed by atoms with Crippen molar-refractivity contribution in [2.75, 3.05) is 38.2 Å². The minimum Gasteiger partial charge on any atom is -0.289 e. The van der Waals surface area contributed by atoms with Gasteiger partial charge < -0.3 is 0 Å². The molecule has 1 unspecified atom stereocenters. The number of halogens is 2. The second-order valence-electron chi connectivity index (χ2n) is 3.18. The summed E-state index contributed by atoms with van der Waals surface area (Å²) in [7, 11) is 0. The first-order valence-corrected chi connectivity index (χ1v) is 6.44. The lowest BCUT2D eigenvalue weighted by Crippen LogP contribution is -2.30. The molecule has 0 spiro atoms. The summed E-state index contributed by atoms with van der Waals surface area (Å²) < 4.78 is 0. The number of hydrogen-bond acceptors (Lipinski definition) is 2. The molecule has 1 rings (SSSR count). The van der Waals surface area contributed by atoms with E-state index in [9.17, 15) is 0 Å². The molecular weight excluding hydrogens is 284 g/mol. The molecule has 12 heavy (non-hydrogen) atoms. The average Bonchev–Trinajstić information content (AvgIpc) is 2.52. The van der Waals surface area contributed by atoms with Crippen LogP contribution in [-0.2, 0) is 0 Å². The predicted octanol–water partition coefficient (Wildman–Crippen LogP) is 1.74. The van der Waals surface area contributed by atoms with Crippen LogP contribution >= 0.6 is 31.9 Å². The molecule has 0 aromatic carbocycles. The molecule has 1 aliphatic heterocycles. The van der Waals surface area contributed by atoms with Gasteiger partial charge in [0.1, 0.15) is 0 Å². The summed E-state index contributed by atoms with van der Waals surface area (Å²) in [5.41, 5.74) is 0. The lowest BCUT2D eigenvalue weighted by molar-refractivity contribution is 0.257. The maximum Gasteiger partial charge on any atom is 0.0507 e. The number of likely N-dealkylation sites (N-methyl/N-ethyl adjacent to an activating group) is 1. The molecule has 0 N–H and O–H groups in total. The van der Waals surface area contributed by atoms with Crippen LogP contribution in [0.1, 0.15) is 6.92 Å². The Kier molecular flexibility index (Phi) is 5.09. The van der Waals surface area contributed by atoms with E-state index in [2.05, 4.69) is 48.6 Å². The van der Waals surface area contributed by atoms with Crippen molar-refractivity contribution in [2.45, 2.75) is 11.8 Å². The third kappa shape index (κ3) is 3.32. The Morgan fingerprint density at radius 1 is 1.33 bits per heavy atom. The molecule has 0 radical (unpaired) electrons. The minimum atomic E-state index is 0.592. The monoisotopic (exact) mass is 298 g/mol. The fourth-order valence-electron chi connectivity index (χ4n) is 1.44. The van der Waals surface area contributed by atoms with Crippen LogP contribution in [0.3, 0.4) is 0 Å². The van der Waals surface area contributed by atoms with E-state index in [1.807, 2.05) is 0 Å². The predicted molar refractivity (Wildman–Crippen MR) is 60.2 cm³/mol. The lowest BCUT2D eigenvalue weighted by atomic mass is 10.4. The van der Waals surface area contributed by atoms with E-state index < -0.39 is 0 Å². The van der Waals surface area contributed by atoms with Crippen molar-refractivity contribution in [3.8, 4) is 0 Å². The standard InChI is InChI=1S/C8H16Br2N2/c1-2-11-3-4-12(7-11)6-8(10)5-9/h8H,2-7H2,1H3. The summed E-state index contributed by atoms with van der Waals surface area (Å²) in [6.45, 7) is 8.16. The van der Waals surface area contributed by atoms with Gasteiger partial charge in [0, 0.05) is 29.8 Å². The van der Waals surface area contributed by atoms with Crippen molar-refractivity contribution in [2.24, 2.45) is 0 Å². The Morgan fingerprint density at radius 2 is 2.00 bits per heavy atom. The van der Waals surface area contributed by atoms with Gasteiger partial charge in [0.15, 0.2) is 0 Å². The molecule has 1 heterocycles. The molecule has 0 saturated carbocycles. The summed E-state index contributed by atoms with van der Waals surface area (Å²) >= 11 is 7.09. The zero-order valence-corrected chi connectivity index (χ0v) is 10.6. The van der Waals surface area contributed by atoms with Gasteiger partial charge in [-0.15, -0.1) is 0 Å².